The molecular weight excluding hydrogens is 616 g/mol. The first kappa shape index (κ1) is 30.8. The highest BCUT2D eigenvalue weighted by atomic mass is 79.9. The maximum Gasteiger partial charge on any atom is 0.0178 e. The molecule has 5 rings (SSSR count). The van der Waals surface area contributed by atoms with Crippen molar-refractivity contribution in [1.29, 1.82) is 0 Å². The Bertz CT molecular complexity index is 1230. The molecule has 0 aromatic heterocycles. The zero-order valence-electron chi connectivity index (χ0n) is 26.8. The molecule has 7 atom stereocenters. The lowest BCUT2D eigenvalue weighted by Gasteiger charge is -2.62. The maximum absolute atomic E-state index is 3.90. The van der Waals surface area contributed by atoms with Gasteiger partial charge in [-0.15, -0.1) is 0 Å². The molecule has 0 saturated heterocycles. The molecule has 3 aliphatic carbocycles. The molecule has 4 unspecified atom stereocenters. The fraction of sp³-hybridized carbons (Fsp3) is 0.684. The fourth-order valence-electron chi connectivity index (χ4n) is 10.3. The topological polar surface area (TPSA) is 0 Å². The van der Waals surface area contributed by atoms with Gasteiger partial charge in [-0.05, 0) is 125 Å². The van der Waals surface area contributed by atoms with Gasteiger partial charge in [-0.3, -0.25) is 0 Å². The molecule has 0 nitrogen and oxygen atoms in total. The van der Waals surface area contributed by atoms with Gasteiger partial charge in [-0.25, -0.2) is 0 Å². The molecule has 2 aromatic carbocycles. The van der Waals surface area contributed by atoms with E-state index in [2.05, 4.69) is 131 Å². The van der Waals surface area contributed by atoms with Crippen molar-refractivity contribution in [1.82, 2.24) is 0 Å². The van der Waals surface area contributed by atoms with E-state index in [9.17, 15) is 0 Å². The van der Waals surface area contributed by atoms with Crippen molar-refractivity contribution in [3.05, 3.63) is 56.5 Å². The van der Waals surface area contributed by atoms with Crippen LogP contribution in [-0.4, -0.2) is 0 Å². The van der Waals surface area contributed by atoms with Crippen LogP contribution in [0.5, 0.6) is 0 Å². The van der Waals surface area contributed by atoms with Crippen LogP contribution in [0.4, 0.5) is 0 Å². The van der Waals surface area contributed by atoms with Gasteiger partial charge in [0.2, 0.25) is 0 Å². The highest BCUT2D eigenvalue weighted by Crippen LogP contribution is 2.76. The van der Waals surface area contributed by atoms with Crippen molar-refractivity contribution in [2.45, 2.75) is 125 Å². The highest BCUT2D eigenvalue weighted by molar-refractivity contribution is 9.10. The first-order chi connectivity index (χ1) is 18.5. The monoisotopic (exact) mass is 668 g/mol. The van der Waals surface area contributed by atoms with E-state index >= 15 is 0 Å². The molecule has 2 aromatic rings. The van der Waals surface area contributed by atoms with E-state index in [1.807, 2.05) is 0 Å². The van der Waals surface area contributed by atoms with Gasteiger partial charge < -0.3 is 0 Å². The molecule has 40 heavy (non-hydrogen) atoms. The van der Waals surface area contributed by atoms with E-state index in [4.69, 9.17) is 0 Å². The van der Waals surface area contributed by atoms with Crippen LogP contribution < -0.4 is 0 Å². The van der Waals surface area contributed by atoms with Gasteiger partial charge in [0.25, 0.3) is 0 Å². The smallest absolute Gasteiger partial charge is 0.0178 e. The lowest BCUT2D eigenvalue weighted by Crippen LogP contribution is -2.59. The molecule has 0 N–H and O–H groups in total. The minimum atomic E-state index is 0.191. The van der Waals surface area contributed by atoms with Crippen LogP contribution in [0, 0.1) is 40.4 Å². The van der Waals surface area contributed by atoms with Crippen molar-refractivity contribution in [3.8, 4) is 11.1 Å². The molecule has 2 fully saturated rings. The second kappa shape index (κ2) is 10.8. The normalized spacial score (nSPS) is 30.5. The van der Waals surface area contributed by atoms with E-state index in [0.29, 0.717) is 10.8 Å². The second-order valence-electron chi connectivity index (χ2n) is 17.0. The fourth-order valence-corrected chi connectivity index (χ4v) is 11.0. The summed E-state index contributed by atoms with van der Waals surface area (Å²) in [5, 5.41) is 0. The summed E-state index contributed by atoms with van der Waals surface area (Å²) in [6.45, 7) is 22.1. The predicted octanol–water partition coefficient (Wildman–Crippen LogP) is 12.7. The summed E-state index contributed by atoms with van der Waals surface area (Å²) in [5.74, 6) is 4.05. The molecule has 0 radical (unpaired) electrons. The molecule has 2 saturated carbocycles. The standard InChI is InChI=1S/C38H54Br2/c1-24(20-35(3,4)5)10-12-26-22-37(9)32-18-28(39)14-16-30(32)31-17-15-29(40)19-33(31)38(37)23-27(34(26)38)13-11-25(2)21-36(6,7)8/h14-19,24-27,34H,10-13,20-23H2,1-9H3/t24?,25?,26-,27?,34?,37-,38-/m0/s1. The third-order valence-electron chi connectivity index (χ3n) is 11.1. The van der Waals surface area contributed by atoms with Crippen LogP contribution in [0.3, 0.4) is 0 Å². The van der Waals surface area contributed by atoms with Gasteiger partial charge in [0, 0.05) is 19.8 Å². The summed E-state index contributed by atoms with van der Waals surface area (Å²) in [6.07, 6.45) is 10.9. The molecule has 1 spiro atoms. The van der Waals surface area contributed by atoms with Gasteiger partial charge >= 0.3 is 0 Å². The largest absolute Gasteiger partial charge is 0.0625 e. The van der Waals surface area contributed by atoms with Crippen LogP contribution in [0.1, 0.15) is 125 Å². The Morgan fingerprint density at radius 2 is 1.18 bits per heavy atom. The predicted molar refractivity (Wildman–Crippen MR) is 181 cm³/mol. The Balaban J connectivity index is 1.52. The zero-order valence-corrected chi connectivity index (χ0v) is 29.9. The number of hydrogen-bond donors (Lipinski definition) is 0. The minimum Gasteiger partial charge on any atom is -0.0625 e. The number of rotatable bonds is 8. The lowest BCUT2D eigenvalue weighted by atomic mass is 9.41. The average molecular weight is 671 g/mol. The molecule has 0 bridgehead atoms. The Labute approximate surface area is 263 Å². The van der Waals surface area contributed by atoms with E-state index in [1.165, 1.54) is 71.4 Å². The molecule has 220 valence electrons. The van der Waals surface area contributed by atoms with Gasteiger partial charge in [0.05, 0.1) is 0 Å². The SMILES string of the molecule is CC(CCC1C[C@@]23c4cc(Br)ccc4-c4ccc(Br)cc4[C@]2(C)C[C@H](CCC(C)CC(C)(C)C)C13)CC(C)(C)C. The van der Waals surface area contributed by atoms with E-state index < -0.39 is 0 Å². The summed E-state index contributed by atoms with van der Waals surface area (Å²) in [5.41, 5.74) is 7.50. The van der Waals surface area contributed by atoms with Crippen molar-refractivity contribution in [3.63, 3.8) is 0 Å². The van der Waals surface area contributed by atoms with Crippen LogP contribution >= 0.6 is 31.9 Å². The summed E-state index contributed by atoms with van der Waals surface area (Å²) in [7, 11) is 0. The number of benzene rings is 2. The second-order valence-corrected chi connectivity index (χ2v) is 18.9. The van der Waals surface area contributed by atoms with Gasteiger partial charge in [-0.2, -0.15) is 0 Å². The average Bonchev–Trinajstić information content (AvgIpc) is 3.00. The Kier molecular flexibility index (Phi) is 8.36. The molecule has 0 amide bonds. The third kappa shape index (κ3) is 5.56. The van der Waals surface area contributed by atoms with Crippen LogP contribution in [0.2, 0.25) is 0 Å². The van der Waals surface area contributed by atoms with E-state index in [0.717, 1.165) is 29.6 Å². The summed E-state index contributed by atoms with van der Waals surface area (Å²) in [6, 6.07) is 14.3. The van der Waals surface area contributed by atoms with Gasteiger partial charge in [-0.1, -0.05) is 119 Å². The summed E-state index contributed by atoms with van der Waals surface area (Å²) in [4.78, 5) is 0. The summed E-state index contributed by atoms with van der Waals surface area (Å²) < 4.78 is 2.47. The van der Waals surface area contributed by atoms with Crippen molar-refractivity contribution < 1.29 is 0 Å². The third-order valence-corrected chi connectivity index (χ3v) is 12.1. The Morgan fingerprint density at radius 1 is 0.725 bits per heavy atom. The van der Waals surface area contributed by atoms with E-state index in [1.54, 1.807) is 11.1 Å². The van der Waals surface area contributed by atoms with E-state index in [-0.39, 0.29) is 10.8 Å². The Hall–Kier alpha value is -0.600. The first-order valence-electron chi connectivity index (χ1n) is 16.1. The quantitative estimate of drug-likeness (QED) is 0.262. The Morgan fingerprint density at radius 3 is 1.68 bits per heavy atom. The van der Waals surface area contributed by atoms with Crippen molar-refractivity contribution >= 4 is 31.9 Å². The molecule has 3 aliphatic rings. The van der Waals surface area contributed by atoms with Crippen LogP contribution in [-0.2, 0) is 10.8 Å². The van der Waals surface area contributed by atoms with Crippen molar-refractivity contribution in [2.75, 3.05) is 0 Å². The summed E-state index contributed by atoms with van der Waals surface area (Å²) >= 11 is 7.78. The first-order valence-corrected chi connectivity index (χ1v) is 17.7. The molecule has 0 heterocycles. The molecule has 0 aliphatic heterocycles. The van der Waals surface area contributed by atoms with Gasteiger partial charge in [0.15, 0.2) is 0 Å². The molecule has 2 heteroatoms. The number of fused-ring (bicyclic) bond motifs is 4. The van der Waals surface area contributed by atoms with Crippen molar-refractivity contribution in [2.24, 2.45) is 40.4 Å². The van der Waals surface area contributed by atoms with Gasteiger partial charge in [0.1, 0.15) is 0 Å². The minimum absolute atomic E-state index is 0.191. The maximum atomic E-state index is 3.90. The lowest BCUT2D eigenvalue weighted by molar-refractivity contribution is -0.0134. The number of halogens is 2. The van der Waals surface area contributed by atoms with Crippen LogP contribution in [0.15, 0.2) is 45.3 Å². The van der Waals surface area contributed by atoms with Crippen LogP contribution in [0.25, 0.3) is 11.1 Å². The molecular formula is C38H54Br2. The zero-order chi connectivity index (χ0) is 29.3. The number of hydrogen-bond acceptors (Lipinski definition) is 0. The highest BCUT2D eigenvalue weighted by Gasteiger charge is 2.72.